The van der Waals surface area contributed by atoms with Gasteiger partial charge in [0.1, 0.15) is 15.6 Å². The van der Waals surface area contributed by atoms with Gasteiger partial charge in [0.15, 0.2) is 0 Å². The van der Waals surface area contributed by atoms with Gasteiger partial charge in [0, 0.05) is 13.7 Å². The number of benzene rings is 1. The number of carboxylic acid groups (broad SMARTS) is 1. The Labute approximate surface area is 149 Å². The molecule has 134 valence electrons. The number of carbonyl (C=O) groups excluding carboxylic acids is 1. The number of hydrogen-bond donors (Lipinski definition) is 2. The van der Waals surface area contributed by atoms with Gasteiger partial charge >= 0.3 is 5.97 Å². The average Bonchev–Trinajstić information content (AvgIpc) is 2.95. The highest BCUT2D eigenvalue weighted by Gasteiger charge is 2.15. The summed E-state index contributed by atoms with van der Waals surface area (Å²) in [6.07, 6.45) is 0.525. The minimum absolute atomic E-state index is 0.163. The Hall–Kier alpha value is -2.45. The first-order chi connectivity index (χ1) is 12.0. The van der Waals surface area contributed by atoms with Crippen molar-refractivity contribution < 1.29 is 24.2 Å². The Balaban J connectivity index is 1.98. The summed E-state index contributed by atoms with van der Waals surface area (Å²) < 4.78 is 10.3. The van der Waals surface area contributed by atoms with Gasteiger partial charge in [-0.2, -0.15) is 0 Å². The number of aromatic nitrogens is 1. The molecule has 0 saturated carbocycles. The van der Waals surface area contributed by atoms with E-state index in [2.05, 4.69) is 10.3 Å². The molecule has 1 aromatic carbocycles. The van der Waals surface area contributed by atoms with Crippen LogP contribution in [-0.4, -0.2) is 42.7 Å². The van der Waals surface area contributed by atoms with Crippen molar-refractivity contribution in [3.05, 3.63) is 44.9 Å². The van der Waals surface area contributed by atoms with Crippen LogP contribution in [0.2, 0.25) is 0 Å². The van der Waals surface area contributed by atoms with Gasteiger partial charge in [-0.3, -0.25) is 4.79 Å². The number of hydrogen-bond acceptors (Lipinski definition) is 6. The third-order valence-corrected chi connectivity index (χ3v) is 4.66. The highest BCUT2D eigenvalue weighted by Crippen LogP contribution is 2.21. The Morgan fingerprint density at radius 1 is 1.32 bits per heavy atom. The van der Waals surface area contributed by atoms with Crippen LogP contribution in [0, 0.1) is 6.92 Å². The lowest BCUT2D eigenvalue weighted by Gasteiger charge is -2.10. The van der Waals surface area contributed by atoms with Crippen molar-refractivity contribution in [3.63, 3.8) is 0 Å². The highest BCUT2D eigenvalue weighted by molar-refractivity contribution is 7.13. The lowest BCUT2D eigenvalue weighted by Crippen LogP contribution is -2.25. The van der Waals surface area contributed by atoms with E-state index in [-0.39, 0.29) is 11.5 Å². The van der Waals surface area contributed by atoms with E-state index < -0.39 is 5.97 Å². The van der Waals surface area contributed by atoms with Crippen LogP contribution in [0.3, 0.4) is 0 Å². The van der Waals surface area contributed by atoms with E-state index in [0.29, 0.717) is 35.9 Å². The molecular formula is C17H20N2O5S. The van der Waals surface area contributed by atoms with Gasteiger partial charge in [0.2, 0.25) is 0 Å². The fourth-order valence-electron chi connectivity index (χ4n) is 2.32. The third kappa shape index (κ3) is 4.77. The molecule has 0 aliphatic rings. The fourth-order valence-corrected chi connectivity index (χ4v) is 3.28. The number of aromatic carboxylic acids is 1. The van der Waals surface area contributed by atoms with Crippen molar-refractivity contribution in [3.8, 4) is 5.75 Å². The third-order valence-electron chi connectivity index (χ3n) is 3.53. The normalized spacial score (nSPS) is 10.5. The molecule has 0 aliphatic carbocycles. The first kappa shape index (κ1) is 18.9. The lowest BCUT2D eigenvalue weighted by molar-refractivity contribution is 0.0696. The van der Waals surface area contributed by atoms with Crippen molar-refractivity contribution in [1.29, 1.82) is 0 Å². The van der Waals surface area contributed by atoms with Gasteiger partial charge in [0.25, 0.3) is 5.91 Å². The molecule has 0 fully saturated rings. The molecular weight excluding hydrogens is 344 g/mol. The number of carbonyl (C=O) groups is 2. The fraction of sp³-hybridized carbons (Fsp3) is 0.353. The second kappa shape index (κ2) is 8.59. The number of nitrogens with zero attached hydrogens (tertiary/aromatic N) is 1. The summed E-state index contributed by atoms with van der Waals surface area (Å²) in [6.45, 7) is 2.57. The minimum atomic E-state index is -1.01. The summed E-state index contributed by atoms with van der Waals surface area (Å²) in [5.41, 5.74) is 1.67. The topological polar surface area (TPSA) is 97.8 Å². The zero-order valence-corrected chi connectivity index (χ0v) is 15.1. The Bertz CT molecular complexity index is 772. The molecule has 1 amide bonds. The van der Waals surface area contributed by atoms with Crippen LogP contribution in [0.4, 0.5) is 0 Å². The van der Waals surface area contributed by atoms with Gasteiger partial charge in [0.05, 0.1) is 25.0 Å². The summed E-state index contributed by atoms with van der Waals surface area (Å²) in [5, 5.41) is 12.6. The standard InChI is InChI=1S/C17H20N2O5S/c1-10-15(25-14(19-10)9-23-2)16(20)18-7-6-11-4-5-12(17(21)22)8-13(11)24-3/h4-5,8H,6-7,9H2,1-3H3,(H,18,20)(H,21,22). The molecule has 0 bridgehead atoms. The molecule has 1 heterocycles. The lowest BCUT2D eigenvalue weighted by atomic mass is 10.1. The molecule has 25 heavy (non-hydrogen) atoms. The van der Waals surface area contributed by atoms with E-state index in [1.54, 1.807) is 20.1 Å². The summed E-state index contributed by atoms with van der Waals surface area (Å²) >= 11 is 1.31. The number of aryl methyl sites for hydroxylation is 1. The Morgan fingerprint density at radius 3 is 2.72 bits per heavy atom. The van der Waals surface area contributed by atoms with Crippen molar-refractivity contribution in [1.82, 2.24) is 10.3 Å². The molecule has 8 heteroatoms. The predicted octanol–water partition coefficient (Wildman–Crippen LogP) is 2.28. The number of amides is 1. The molecule has 0 spiro atoms. The van der Waals surface area contributed by atoms with E-state index in [4.69, 9.17) is 14.6 Å². The van der Waals surface area contributed by atoms with Crippen LogP contribution in [-0.2, 0) is 17.8 Å². The molecule has 2 aromatic rings. The van der Waals surface area contributed by atoms with Gasteiger partial charge in [-0.15, -0.1) is 11.3 Å². The summed E-state index contributed by atoms with van der Waals surface area (Å²) in [4.78, 5) is 28.1. The van der Waals surface area contributed by atoms with E-state index >= 15 is 0 Å². The number of carboxylic acids is 1. The van der Waals surface area contributed by atoms with Crippen molar-refractivity contribution >= 4 is 23.2 Å². The van der Waals surface area contributed by atoms with Crippen LogP contribution in [0.25, 0.3) is 0 Å². The molecule has 0 aliphatic heterocycles. The van der Waals surface area contributed by atoms with Crippen LogP contribution >= 0.6 is 11.3 Å². The monoisotopic (exact) mass is 364 g/mol. The smallest absolute Gasteiger partial charge is 0.335 e. The van der Waals surface area contributed by atoms with E-state index in [0.717, 1.165) is 10.6 Å². The molecule has 7 nitrogen and oxygen atoms in total. The van der Waals surface area contributed by atoms with Crippen molar-refractivity contribution in [2.45, 2.75) is 20.0 Å². The van der Waals surface area contributed by atoms with Gasteiger partial charge in [-0.05, 0) is 31.0 Å². The number of nitrogens with one attached hydrogen (secondary N) is 1. The quantitative estimate of drug-likeness (QED) is 0.746. The summed E-state index contributed by atoms with van der Waals surface area (Å²) in [7, 11) is 3.07. The van der Waals surface area contributed by atoms with Crippen molar-refractivity contribution in [2.24, 2.45) is 0 Å². The highest BCUT2D eigenvalue weighted by atomic mass is 32.1. The second-order valence-corrected chi connectivity index (χ2v) is 6.38. The molecule has 0 saturated heterocycles. The van der Waals surface area contributed by atoms with Crippen LogP contribution < -0.4 is 10.1 Å². The van der Waals surface area contributed by atoms with Crippen molar-refractivity contribution in [2.75, 3.05) is 20.8 Å². The average molecular weight is 364 g/mol. The van der Waals surface area contributed by atoms with Gasteiger partial charge in [-0.1, -0.05) is 6.07 Å². The first-order valence-corrected chi connectivity index (χ1v) is 8.41. The predicted molar refractivity (Wildman–Crippen MR) is 93.6 cm³/mol. The van der Waals surface area contributed by atoms with E-state index in [1.807, 2.05) is 0 Å². The van der Waals surface area contributed by atoms with Crippen LogP contribution in [0.1, 0.15) is 36.3 Å². The van der Waals surface area contributed by atoms with Crippen LogP contribution in [0.15, 0.2) is 18.2 Å². The SMILES string of the molecule is COCc1nc(C)c(C(=O)NCCc2ccc(C(=O)O)cc2OC)s1. The van der Waals surface area contributed by atoms with Gasteiger partial charge in [-0.25, -0.2) is 9.78 Å². The van der Waals surface area contributed by atoms with E-state index in [1.165, 1.54) is 30.6 Å². The largest absolute Gasteiger partial charge is 0.496 e. The minimum Gasteiger partial charge on any atom is -0.496 e. The molecule has 2 N–H and O–H groups in total. The Morgan fingerprint density at radius 2 is 2.08 bits per heavy atom. The maximum atomic E-state index is 12.3. The maximum Gasteiger partial charge on any atom is 0.335 e. The zero-order valence-electron chi connectivity index (χ0n) is 14.3. The number of thiazole rings is 1. The molecule has 1 aromatic heterocycles. The Kier molecular flexibility index (Phi) is 6.49. The van der Waals surface area contributed by atoms with Gasteiger partial charge < -0.3 is 19.9 Å². The maximum absolute atomic E-state index is 12.3. The summed E-state index contributed by atoms with van der Waals surface area (Å²) in [5.74, 6) is -0.699. The zero-order chi connectivity index (χ0) is 18.4. The molecule has 0 radical (unpaired) electrons. The second-order valence-electron chi connectivity index (χ2n) is 5.29. The number of rotatable bonds is 8. The number of methoxy groups -OCH3 is 2. The molecule has 2 rings (SSSR count). The van der Waals surface area contributed by atoms with Crippen LogP contribution in [0.5, 0.6) is 5.75 Å². The molecule has 0 unspecified atom stereocenters. The van der Waals surface area contributed by atoms with E-state index in [9.17, 15) is 9.59 Å². The number of ether oxygens (including phenoxy) is 2. The summed E-state index contributed by atoms with van der Waals surface area (Å²) in [6, 6.07) is 4.69. The molecule has 0 atom stereocenters. The first-order valence-electron chi connectivity index (χ1n) is 7.60.